The molecule has 146 valence electrons. The van der Waals surface area contributed by atoms with Crippen molar-refractivity contribution in [3.63, 3.8) is 0 Å². The number of benzene rings is 2. The van der Waals surface area contributed by atoms with Crippen LogP contribution in [0.5, 0.6) is 11.5 Å². The molecule has 0 unspecified atom stereocenters. The zero-order valence-corrected chi connectivity index (χ0v) is 20.8. The molecule has 0 saturated heterocycles. The fraction of sp³-hybridized carbons (Fsp3) is 0.381. The van der Waals surface area contributed by atoms with Crippen LogP contribution in [-0.2, 0) is 11.2 Å². The van der Waals surface area contributed by atoms with Gasteiger partial charge in [0.1, 0.15) is 17.1 Å². The largest absolute Gasteiger partial charge is 1.00 e. The van der Waals surface area contributed by atoms with E-state index in [0.29, 0.717) is 22.9 Å². The Kier molecular flexibility index (Phi) is 9.23. The summed E-state index contributed by atoms with van der Waals surface area (Å²) in [5.41, 5.74) is 2.30. The number of hydrogen-bond donors (Lipinski definition) is 1. The maximum Gasteiger partial charge on any atom is 1.00 e. The van der Waals surface area contributed by atoms with Crippen molar-refractivity contribution in [2.45, 2.75) is 51.5 Å². The SMILES string of the molecule is Cc1cc(SCCc2cc(OC(C)(C)C(=O)[O-])ccc2Cl)c(C)c(C)c1O.[Na+]. The van der Waals surface area contributed by atoms with Crippen LogP contribution in [-0.4, -0.2) is 22.4 Å². The van der Waals surface area contributed by atoms with E-state index in [1.165, 1.54) is 13.8 Å². The number of ether oxygens (including phenoxy) is 1. The minimum Gasteiger partial charge on any atom is -0.546 e. The summed E-state index contributed by atoms with van der Waals surface area (Å²) in [5.74, 6) is 0.307. The third-order valence-electron chi connectivity index (χ3n) is 4.52. The molecular weight excluding hydrogens is 407 g/mol. The maximum absolute atomic E-state index is 11.1. The molecular formula is C21H24ClNaO4S. The number of rotatable bonds is 7. The Balaban J connectivity index is 0.00000392. The first-order valence-corrected chi connectivity index (χ1v) is 10.0. The fourth-order valence-corrected chi connectivity index (χ4v) is 3.98. The molecule has 0 radical (unpaired) electrons. The van der Waals surface area contributed by atoms with Crippen molar-refractivity contribution in [2.75, 3.05) is 5.75 Å². The number of hydrogen-bond acceptors (Lipinski definition) is 5. The van der Waals surface area contributed by atoms with Gasteiger partial charge in [0.25, 0.3) is 0 Å². The van der Waals surface area contributed by atoms with Crippen molar-refractivity contribution in [3.8, 4) is 11.5 Å². The van der Waals surface area contributed by atoms with Crippen LogP contribution >= 0.6 is 23.4 Å². The van der Waals surface area contributed by atoms with Gasteiger partial charge in [-0.25, -0.2) is 0 Å². The second-order valence-electron chi connectivity index (χ2n) is 7.04. The first-order valence-electron chi connectivity index (χ1n) is 8.64. The molecule has 0 amide bonds. The molecule has 0 heterocycles. The van der Waals surface area contributed by atoms with Crippen LogP contribution in [0.4, 0.5) is 0 Å². The normalized spacial score (nSPS) is 11.1. The average Bonchev–Trinajstić information content (AvgIpc) is 2.59. The zero-order valence-electron chi connectivity index (χ0n) is 17.2. The van der Waals surface area contributed by atoms with E-state index in [1.807, 2.05) is 26.8 Å². The topological polar surface area (TPSA) is 69.6 Å². The van der Waals surface area contributed by atoms with Crippen LogP contribution < -0.4 is 39.4 Å². The van der Waals surface area contributed by atoms with E-state index in [9.17, 15) is 15.0 Å². The molecule has 0 bridgehead atoms. The minimum absolute atomic E-state index is 0. The van der Waals surface area contributed by atoms with E-state index in [-0.39, 0.29) is 29.6 Å². The molecule has 4 nitrogen and oxygen atoms in total. The van der Waals surface area contributed by atoms with Gasteiger partial charge < -0.3 is 19.7 Å². The first kappa shape index (κ1) is 25.2. The second kappa shape index (κ2) is 10.3. The summed E-state index contributed by atoms with van der Waals surface area (Å²) in [4.78, 5) is 12.3. The predicted octanol–water partition coefficient (Wildman–Crippen LogP) is 1.22. The summed E-state index contributed by atoms with van der Waals surface area (Å²) in [5, 5.41) is 21.8. The Morgan fingerprint density at radius 2 is 1.86 bits per heavy atom. The number of phenolic OH excluding ortho intramolecular Hbond substituents is 1. The molecule has 0 saturated carbocycles. The molecule has 2 aromatic carbocycles. The molecule has 0 spiro atoms. The maximum atomic E-state index is 11.1. The summed E-state index contributed by atoms with van der Waals surface area (Å²) in [6.45, 7) is 8.71. The Morgan fingerprint density at radius 3 is 2.46 bits per heavy atom. The number of aromatic hydroxyl groups is 1. The van der Waals surface area contributed by atoms with Crippen molar-refractivity contribution in [3.05, 3.63) is 51.5 Å². The molecule has 7 heteroatoms. The summed E-state index contributed by atoms with van der Waals surface area (Å²) < 4.78 is 5.53. The van der Waals surface area contributed by atoms with E-state index in [1.54, 1.807) is 30.0 Å². The number of carboxylic acids is 1. The molecule has 0 aromatic heterocycles. The molecule has 28 heavy (non-hydrogen) atoms. The smallest absolute Gasteiger partial charge is 0.546 e. The quantitative estimate of drug-likeness (QED) is 0.528. The van der Waals surface area contributed by atoms with Crippen LogP contribution in [0.3, 0.4) is 0 Å². The number of carboxylic acid groups (broad SMARTS) is 1. The Hall–Kier alpha value is -0.850. The van der Waals surface area contributed by atoms with Gasteiger partial charge in [0.05, 0.1) is 5.97 Å². The van der Waals surface area contributed by atoms with E-state index in [4.69, 9.17) is 16.3 Å². The standard InChI is InChI=1S/C21H25ClO4S.Na/c1-12-10-18(13(2)14(3)19(12)23)27-9-8-15-11-16(6-7-17(15)22)26-21(4,5)20(24)25;/h6-7,10-11,23H,8-9H2,1-5H3,(H,24,25);/q;+1/p-1. The zero-order chi connectivity index (χ0) is 20.4. The molecule has 0 atom stereocenters. The van der Waals surface area contributed by atoms with Crippen molar-refractivity contribution in [1.29, 1.82) is 0 Å². The third-order valence-corrected chi connectivity index (χ3v) is 6.03. The molecule has 0 aliphatic carbocycles. The number of aliphatic carboxylic acids is 1. The van der Waals surface area contributed by atoms with Crippen molar-refractivity contribution < 1.29 is 49.3 Å². The summed E-state index contributed by atoms with van der Waals surface area (Å²) >= 11 is 7.98. The van der Waals surface area contributed by atoms with Crippen LogP contribution in [0.15, 0.2) is 29.2 Å². The first-order chi connectivity index (χ1) is 12.5. The second-order valence-corrected chi connectivity index (χ2v) is 8.59. The third kappa shape index (κ3) is 6.07. The molecule has 2 aromatic rings. The Morgan fingerprint density at radius 1 is 1.21 bits per heavy atom. The number of phenols is 1. The number of carbonyl (C=O) groups is 1. The van der Waals surface area contributed by atoms with Gasteiger partial charge in [-0.3, -0.25) is 0 Å². The van der Waals surface area contributed by atoms with Gasteiger partial charge in [-0.1, -0.05) is 11.6 Å². The van der Waals surface area contributed by atoms with E-state index < -0.39 is 11.6 Å². The van der Waals surface area contributed by atoms with Gasteiger partial charge in [-0.05, 0) is 87.6 Å². The van der Waals surface area contributed by atoms with Crippen molar-refractivity contribution in [1.82, 2.24) is 0 Å². The van der Waals surface area contributed by atoms with Gasteiger partial charge in [-0.15, -0.1) is 11.8 Å². The van der Waals surface area contributed by atoms with Crippen molar-refractivity contribution in [2.24, 2.45) is 0 Å². The van der Waals surface area contributed by atoms with Crippen molar-refractivity contribution >= 4 is 29.3 Å². The Labute approximate surface area is 197 Å². The Bertz CT molecular complexity index is 868. The van der Waals surface area contributed by atoms with Crippen LogP contribution in [0.1, 0.15) is 36.1 Å². The van der Waals surface area contributed by atoms with Gasteiger partial charge in [0, 0.05) is 15.7 Å². The molecule has 0 aliphatic rings. The van der Waals surface area contributed by atoms with E-state index in [2.05, 4.69) is 0 Å². The van der Waals surface area contributed by atoms with E-state index in [0.717, 1.165) is 32.9 Å². The monoisotopic (exact) mass is 430 g/mol. The van der Waals surface area contributed by atoms with Crippen LogP contribution in [0.2, 0.25) is 5.02 Å². The van der Waals surface area contributed by atoms with Gasteiger partial charge in [0.15, 0.2) is 0 Å². The molecule has 1 N–H and O–H groups in total. The molecule has 2 rings (SSSR count). The van der Waals surface area contributed by atoms with Crippen LogP contribution in [0.25, 0.3) is 0 Å². The summed E-state index contributed by atoms with van der Waals surface area (Å²) in [6.07, 6.45) is 0.699. The van der Waals surface area contributed by atoms with Crippen LogP contribution in [0, 0.1) is 20.8 Å². The van der Waals surface area contributed by atoms with E-state index >= 15 is 0 Å². The number of halogens is 1. The number of thioether (sulfide) groups is 1. The van der Waals surface area contributed by atoms with Gasteiger partial charge in [0.2, 0.25) is 0 Å². The molecule has 0 fully saturated rings. The number of aryl methyl sites for hydroxylation is 2. The minimum atomic E-state index is -1.42. The summed E-state index contributed by atoms with van der Waals surface area (Å²) in [7, 11) is 0. The molecule has 0 aliphatic heterocycles. The predicted molar refractivity (Wildman–Crippen MR) is 108 cm³/mol. The number of carbonyl (C=O) groups excluding carboxylic acids is 1. The average molecular weight is 431 g/mol. The van der Waals surface area contributed by atoms with Gasteiger partial charge >= 0.3 is 29.6 Å². The van der Waals surface area contributed by atoms with Gasteiger partial charge in [-0.2, -0.15) is 0 Å². The fourth-order valence-electron chi connectivity index (χ4n) is 2.59. The summed E-state index contributed by atoms with van der Waals surface area (Å²) in [6, 6.07) is 7.13.